The molecule has 19 heavy (non-hydrogen) atoms. The number of rotatable bonds is 5. The predicted octanol–water partition coefficient (Wildman–Crippen LogP) is 1.34. The van der Waals surface area contributed by atoms with E-state index in [9.17, 15) is 17.6 Å². The summed E-state index contributed by atoms with van der Waals surface area (Å²) in [4.78, 5) is 12.2. The molecule has 106 valence electrons. The molecule has 1 N–H and O–H groups in total. The van der Waals surface area contributed by atoms with Crippen molar-refractivity contribution in [3.05, 3.63) is 28.5 Å². The van der Waals surface area contributed by atoms with E-state index in [0.717, 1.165) is 12.1 Å². The zero-order valence-corrected chi connectivity index (χ0v) is 12.9. The fourth-order valence-corrected chi connectivity index (χ4v) is 2.71. The van der Waals surface area contributed by atoms with E-state index in [4.69, 9.17) is 0 Å². The minimum atomic E-state index is -3.95. The van der Waals surface area contributed by atoms with Gasteiger partial charge in [-0.15, -0.1) is 0 Å². The first-order chi connectivity index (χ1) is 8.74. The van der Waals surface area contributed by atoms with Gasteiger partial charge in [-0.1, -0.05) is 15.9 Å². The standard InChI is InChI=1S/C11H14BrFN2O3S/c1-15(2)11(16)5-6-14-19(17,18)10-4-3-8(12)7-9(10)13/h3-4,7,14H,5-6H2,1-2H3. The number of sulfonamides is 1. The largest absolute Gasteiger partial charge is 0.349 e. The number of nitrogens with zero attached hydrogens (tertiary/aromatic N) is 1. The summed E-state index contributed by atoms with van der Waals surface area (Å²) in [5.41, 5.74) is 0. The highest BCUT2D eigenvalue weighted by Crippen LogP contribution is 2.19. The fraction of sp³-hybridized carbons (Fsp3) is 0.364. The zero-order chi connectivity index (χ0) is 14.6. The molecule has 1 aromatic carbocycles. The molecule has 5 nitrogen and oxygen atoms in total. The number of carbonyl (C=O) groups is 1. The number of hydrogen-bond donors (Lipinski definition) is 1. The van der Waals surface area contributed by atoms with Crippen molar-refractivity contribution in [1.82, 2.24) is 9.62 Å². The molecular weight excluding hydrogens is 339 g/mol. The molecule has 0 unspecified atom stereocenters. The summed E-state index contributed by atoms with van der Waals surface area (Å²) in [7, 11) is -0.796. The monoisotopic (exact) mass is 352 g/mol. The maximum absolute atomic E-state index is 13.5. The van der Waals surface area contributed by atoms with Crippen molar-refractivity contribution in [3.63, 3.8) is 0 Å². The Morgan fingerprint density at radius 1 is 1.42 bits per heavy atom. The zero-order valence-electron chi connectivity index (χ0n) is 10.5. The molecule has 0 aliphatic heterocycles. The normalized spacial score (nSPS) is 11.4. The fourth-order valence-electron chi connectivity index (χ4n) is 1.29. The van der Waals surface area contributed by atoms with Crippen LogP contribution < -0.4 is 4.72 Å². The van der Waals surface area contributed by atoms with Gasteiger partial charge in [-0.3, -0.25) is 4.79 Å². The van der Waals surface area contributed by atoms with Crippen LogP contribution in [0.1, 0.15) is 6.42 Å². The van der Waals surface area contributed by atoms with Crippen LogP contribution in [0.4, 0.5) is 4.39 Å². The summed E-state index contributed by atoms with van der Waals surface area (Å²) in [6, 6.07) is 3.66. The van der Waals surface area contributed by atoms with Crippen LogP contribution in [-0.2, 0) is 14.8 Å². The first kappa shape index (κ1) is 16.1. The maximum atomic E-state index is 13.5. The van der Waals surface area contributed by atoms with Gasteiger partial charge in [-0.25, -0.2) is 17.5 Å². The molecule has 0 radical (unpaired) electrons. The van der Waals surface area contributed by atoms with Crippen LogP contribution in [-0.4, -0.2) is 39.9 Å². The van der Waals surface area contributed by atoms with Gasteiger partial charge in [0, 0.05) is 31.5 Å². The van der Waals surface area contributed by atoms with Gasteiger partial charge in [0.25, 0.3) is 0 Å². The minimum absolute atomic E-state index is 0.0182. The Kier molecular flexibility index (Phi) is 5.45. The van der Waals surface area contributed by atoms with Crippen LogP contribution in [0.5, 0.6) is 0 Å². The van der Waals surface area contributed by atoms with E-state index in [-0.39, 0.29) is 18.9 Å². The van der Waals surface area contributed by atoms with E-state index >= 15 is 0 Å². The lowest BCUT2D eigenvalue weighted by atomic mass is 10.3. The molecule has 0 saturated heterocycles. The van der Waals surface area contributed by atoms with Crippen LogP contribution in [0.25, 0.3) is 0 Å². The number of benzene rings is 1. The van der Waals surface area contributed by atoms with Crippen LogP contribution in [0, 0.1) is 5.82 Å². The van der Waals surface area contributed by atoms with Gasteiger partial charge in [0.15, 0.2) is 0 Å². The van der Waals surface area contributed by atoms with E-state index in [1.807, 2.05) is 0 Å². The van der Waals surface area contributed by atoms with Crippen molar-refractivity contribution in [2.75, 3.05) is 20.6 Å². The minimum Gasteiger partial charge on any atom is -0.349 e. The summed E-state index contributed by atoms with van der Waals surface area (Å²) in [5, 5.41) is 0. The first-order valence-corrected chi connectivity index (χ1v) is 7.66. The smallest absolute Gasteiger partial charge is 0.243 e. The van der Waals surface area contributed by atoms with Gasteiger partial charge in [0.2, 0.25) is 15.9 Å². The molecule has 1 amide bonds. The van der Waals surface area contributed by atoms with E-state index in [2.05, 4.69) is 20.7 Å². The summed E-state index contributed by atoms with van der Waals surface area (Å²) in [6.07, 6.45) is 0.0182. The van der Waals surface area contributed by atoms with Gasteiger partial charge in [0.1, 0.15) is 10.7 Å². The Bertz CT molecular complexity index is 575. The van der Waals surface area contributed by atoms with Gasteiger partial charge in [-0.05, 0) is 18.2 Å². The average Bonchev–Trinajstić information content (AvgIpc) is 2.27. The van der Waals surface area contributed by atoms with Gasteiger partial charge in [-0.2, -0.15) is 0 Å². The van der Waals surface area contributed by atoms with Gasteiger partial charge in [0.05, 0.1) is 0 Å². The maximum Gasteiger partial charge on any atom is 0.243 e. The topological polar surface area (TPSA) is 66.5 Å². The van der Waals surface area contributed by atoms with Crippen molar-refractivity contribution in [1.29, 1.82) is 0 Å². The molecule has 1 rings (SSSR count). The van der Waals surface area contributed by atoms with Gasteiger partial charge >= 0.3 is 0 Å². The van der Waals surface area contributed by atoms with Crippen molar-refractivity contribution >= 4 is 31.9 Å². The molecule has 0 fully saturated rings. The second-order valence-electron chi connectivity index (χ2n) is 4.01. The van der Waals surface area contributed by atoms with Crippen molar-refractivity contribution < 1.29 is 17.6 Å². The Balaban J connectivity index is 2.74. The van der Waals surface area contributed by atoms with Crippen LogP contribution in [0.3, 0.4) is 0 Å². The SMILES string of the molecule is CN(C)C(=O)CCNS(=O)(=O)c1ccc(Br)cc1F. The molecule has 8 heteroatoms. The molecule has 0 atom stereocenters. The molecule has 0 heterocycles. The highest BCUT2D eigenvalue weighted by molar-refractivity contribution is 9.10. The third kappa shape index (κ3) is 4.55. The Labute approximate surface area is 120 Å². The lowest BCUT2D eigenvalue weighted by molar-refractivity contribution is -0.128. The van der Waals surface area contributed by atoms with E-state index in [1.165, 1.54) is 11.0 Å². The molecule has 0 bridgehead atoms. The number of amides is 1. The summed E-state index contributed by atoms with van der Waals surface area (Å²) in [5.74, 6) is -1.06. The predicted molar refractivity (Wildman–Crippen MR) is 72.6 cm³/mol. The molecule has 0 aromatic heterocycles. The van der Waals surface area contributed by atoms with Crippen LogP contribution in [0.15, 0.2) is 27.6 Å². The molecular formula is C11H14BrFN2O3S. The van der Waals surface area contributed by atoms with E-state index < -0.39 is 20.7 Å². The lowest BCUT2D eigenvalue weighted by Gasteiger charge is -2.11. The number of halogens is 2. The van der Waals surface area contributed by atoms with Crippen LogP contribution >= 0.6 is 15.9 Å². The highest BCUT2D eigenvalue weighted by Gasteiger charge is 2.19. The number of nitrogens with one attached hydrogen (secondary N) is 1. The second kappa shape index (κ2) is 6.44. The quantitative estimate of drug-likeness (QED) is 0.869. The third-order valence-corrected chi connectivity index (χ3v) is 4.30. The third-order valence-electron chi connectivity index (χ3n) is 2.31. The molecule has 0 aliphatic rings. The second-order valence-corrected chi connectivity index (χ2v) is 6.66. The Hall–Kier alpha value is -0.990. The highest BCUT2D eigenvalue weighted by atomic mass is 79.9. The van der Waals surface area contributed by atoms with E-state index in [0.29, 0.717) is 4.47 Å². The van der Waals surface area contributed by atoms with Crippen molar-refractivity contribution in [2.45, 2.75) is 11.3 Å². The Morgan fingerprint density at radius 3 is 2.58 bits per heavy atom. The summed E-state index contributed by atoms with van der Waals surface area (Å²) < 4.78 is 39.8. The summed E-state index contributed by atoms with van der Waals surface area (Å²) in [6.45, 7) is -0.0746. The van der Waals surface area contributed by atoms with Gasteiger partial charge < -0.3 is 4.90 Å². The molecule has 1 aromatic rings. The summed E-state index contributed by atoms with van der Waals surface area (Å²) >= 11 is 3.05. The number of carbonyl (C=O) groups excluding carboxylic acids is 1. The Morgan fingerprint density at radius 2 is 2.05 bits per heavy atom. The molecule has 0 saturated carbocycles. The average molecular weight is 353 g/mol. The number of hydrogen-bond acceptors (Lipinski definition) is 3. The van der Waals surface area contributed by atoms with E-state index in [1.54, 1.807) is 14.1 Å². The molecule has 0 spiro atoms. The first-order valence-electron chi connectivity index (χ1n) is 5.39. The van der Waals surface area contributed by atoms with Crippen LogP contribution in [0.2, 0.25) is 0 Å². The van der Waals surface area contributed by atoms with Crippen molar-refractivity contribution in [2.24, 2.45) is 0 Å². The lowest BCUT2D eigenvalue weighted by Crippen LogP contribution is -2.30. The molecule has 0 aliphatic carbocycles. The van der Waals surface area contributed by atoms with Crippen molar-refractivity contribution in [3.8, 4) is 0 Å².